The maximum Gasteiger partial charge on any atom is 0.182 e. The van der Waals surface area contributed by atoms with Gasteiger partial charge in [0.15, 0.2) is 5.78 Å². The predicted molar refractivity (Wildman–Crippen MR) is 81.9 cm³/mol. The van der Waals surface area contributed by atoms with Crippen LogP contribution >= 0.6 is 0 Å². The molecule has 102 valence electrons. The van der Waals surface area contributed by atoms with E-state index in [2.05, 4.69) is 17.4 Å². The highest BCUT2D eigenvalue weighted by molar-refractivity contribution is 6.03. The van der Waals surface area contributed by atoms with Crippen molar-refractivity contribution < 1.29 is 4.79 Å². The number of nitrogens with one attached hydrogen (secondary N) is 1. The van der Waals surface area contributed by atoms with Crippen LogP contribution in [0.1, 0.15) is 30.1 Å². The molecule has 1 heterocycles. The van der Waals surface area contributed by atoms with Gasteiger partial charge in [-0.3, -0.25) is 4.79 Å². The Morgan fingerprint density at radius 1 is 1.00 bits per heavy atom. The quantitative estimate of drug-likeness (QED) is 0.858. The van der Waals surface area contributed by atoms with E-state index < -0.39 is 0 Å². The topological polar surface area (TPSA) is 29.1 Å². The molecule has 0 aliphatic carbocycles. The van der Waals surface area contributed by atoms with Crippen LogP contribution in [0.5, 0.6) is 0 Å². The highest BCUT2D eigenvalue weighted by atomic mass is 16.1. The van der Waals surface area contributed by atoms with Crippen molar-refractivity contribution in [3.8, 4) is 11.1 Å². The van der Waals surface area contributed by atoms with Gasteiger partial charge in [-0.15, -0.1) is 0 Å². The Morgan fingerprint density at radius 3 is 2.25 bits per heavy atom. The van der Waals surface area contributed by atoms with Gasteiger partial charge in [-0.2, -0.15) is 0 Å². The number of rotatable bonds is 3. The molecule has 0 bridgehead atoms. The third kappa shape index (κ3) is 2.39. The van der Waals surface area contributed by atoms with Gasteiger partial charge in [0, 0.05) is 5.56 Å². The summed E-state index contributed by atoms with van der Waals surface area (Å²) in [6.45, 7) is 2.94. The lowest BCUT2D eigenvalue weighted by atomic mass is 9.89. The van der Waals surface area contributed by atoms with Crippen LogP contribution in [-0.2, 0) is 0 Å². The maximum absolute atomic E-state index is 12.6. The summed E-state index contributed by atoms with van der Waals surface area (Å²) < 4.78 is 0. The predicted octanol–water partition coefficient (Wildman–Crippen LogP) is 3.68. The standard InChI is InChI=1S/C18H19NO/c1-18(12-5-13-19-18)17(20)16-10-8-15(9-11-16)14-6-3-2-4-7-14/h2-4,6-11,19H,5,12-13H2,1H3. The van der Waals surface area contributed by atoms with Crippen molar-refractivity contribution in [1.29, 1.82) is 0 Å². The van der Waals surface area contributed by atoms with Gasteiger partial charge in [0.05, 0.1) is 5.54 Å². The highest BCUT2D eigenvalue weighted by Gasteiger charge is 2.36. The van der Waals surface area contributed by atoms with Gasteiger partial charge in [-0.05, 0) is 37.4 Å². The van der Waals surface area contributed by atoms with Crippen molar-refractivity contribution >= 4 is 5.78 Å². The van der Waals surface area contributed by atoms with E-state index in [9.17, 15) is 4.79 Å². The second kappa shape index (κ2) is 5.22. The Labute approximate surface area is 119 Å². The molecular weight excluding hydrogens is 246 g/mol. The van der Waals surface area contributed by atoms with Crippen molar-refractivity contribution in [2.75, 3.05) is 6.54 Å². The number of hydrogen-bond donors (Lipinski definition) is 1. The average Bonchev–Trinajstić information content (AvgIpc) is 2.96. The smallest absolute Gasteiger partial charge is 0.182 e. The summed E-state index contributed by atoms with van der Waals surface area (Å²) >= 11 is 0. The third-order valence-corrected chi connectivity index (χ3v) is 4.12. The monoisotopic (exact) mass is 265 g/mol. The minimum atomic E-state index is -0.381. The van der Waals surface area contributed by atoms with Crippen LogP contribution in [0, 0.1) is 0 Å². The van der Waals surface area contributed by atoms with Gasteiger partial charge in [-0.1, -0.05) is 54.6 Å². The van der Waals surface area contributed by atoms with Crippen LogP contribution in [0.25, 0.3) is 11.1 Å². The third-order valence-electron chi connectivity index (χ3n) is 4.12. The second-order valence-corrected chi connectivity index (χ2v) is 5.63. The van der Waals surface area contributed by atoms with E-state index in [1.165, 1.54) is 5.56 Å². The van der Waals surface area contributed by atoms with E-state index in [-0.39, 0.29) is 11.3 Å². The van der Waals surface area contributed by atoms with Gasteiger partial charge >= 0.3 is 0 Å². The highest BCUT2D eigenvalue weighted by Crippen LogP contribution is 2.25. The first kappa shape index (κ1) is 13.1. The molecule has 0 aromatic heterocycles. The Balaban J connectivity index is 1.85. The number of hydrogen-bond acceptors (Lipinski definition) is 2. The molecule has 1 fully saturated rings. The van der Waals surface area contributed by atoms with Crippen LogP contribution < -0.4 is 5.32 Å². The minimum absolute atomic E-state index is 0.203. The van der Waals surface area contributed by atoms with Crippen molar-refractivity contribution in [3.63, 3.8) is 0 Å². The van der Waals surface area contributed by atoms with E-state index in [0.29, 0.717) is 0 Å². The largest absolute Gasteiger partial charge is 0.305 e. The molecule has 2 aromatic carbocycles. The van der Waals surface area contributed by atoms with Gasteiger partial charge in [0.1, 0.15) is 0 Å². The van der Waals surface area contributed by atoms with E-state index in [1.54, 1.807) is 0 Å². The number of Topliss-reactive ketones (excluding diaryl/α,β-unsaturated/α-hetero) is 1. The number of carbonyl (C=O) groups excluding carboxylic acids is 1. The molecule has 0 saturated carbocycles. The zero-order valence-corrected chi connectivity index (χ0v) is 11.7. The number of benzene rings is 2. The lowest BCUT2D eigenvalue weighted by Crippen LogP contribution is -2.44. The van der Waals surface area contributed by atoms with Gasteiger partial charge in [-0.25, -0.2) is 0 Å². The van der Waals surface area contributed by atoms with Crippen LogP contribution in [0.2, 0.25) is 0 Å². The summed E-state index contributed by atoms with van der Waals surface area (Å²) in [7, 11) is 0. The molecule has 1 saturated heterocycles. The Kier molecular flexibility index (Phi) is 3.41. The van der Waals surface area contributed by atoms with Crippen LogP contribution in [0.15, 0.2) is 54.6 Å². The van der Waals surface area contributed by atoms with Crippen LogP contribution in [-0.4, -0.2) is 17.9 Å². The van der Waals surface area contributed by atoms with Crippen molar-refractivity contribution in [1.82, 2.24) is 5.32 Å². The van der Waals surface area contributed by atoms with Crippen molar-refractivity contribution in [3.05, 3.63) is 60.2 Å². The summed E-state index contributed by atoms with van der Waals surface area (Å²) in [5, 5.41) is 3.33. The zero-order valence-electron chi connectivity index (χ0n) is 11.7. The number of ketones is 1. The normalized spacial score (nSPS) is 21.9. The molecule has 0 amide bonds. The molecular formula is C18H19NO. The van der Waals surface area contributed by atoms with Gasteiger partial charge in [0.25, 0.3) is 0 Å². The molecule has 1 atom stereocenters. The van der Waals surface area contributed by atoms with E-state index in [4.69, 9.17) is 0 Å². The molecule has 1 aliphatic rings. The van der Waals surface area contributed by atoms with Crippen molar-refractivity contribution in [2.45, 2.75) is 25.3 Å². The second-order valence-electron chi connectivity index (χ2n) is 5.63. The molecule has 0 spiro atoms. The lowest BCUT2D eigenvalue weighted by molar-refractivity contribution is 0.0884. The molecule has 2 nitrogen and oxygen atoms in total. The maximum atomic E-state index is 12.6. The fourth-order valence-electron chi connectivity index (χ4n) is 2.85. The minimum Gasteiger partial charge on any atom is -0.305 e. The Hall–Kier alpha value is -1.93. The molecule has 1 unspecified atom stereocenters. The molecule has 3 rings (SSSR count). The summed E-state index contributed by atoms with van der Waals surface area (Å²) in [6, 6.07) is 18.2. The van der Waals surface area contributed by atoms with Crippen molar-refractivity contribution in [2.24, 2.45) is 0 Å². The molecule has 2 aromatic rings. The first-order chi connectivity index (χ1) is 9.69. The van der Waals surface area contributed by atoms with E-state index in [1.807, 2.05) is 49.4 Å². The summed E-state index contributed by atoms with van der Waals surface area (Å²) in [5.41, 5.74) is 2.74. The molecule has 1 aliphatic heterocycles. The fraction of sp³-hybridized carbons (Fsp3) is 0.278. The molecule has 20 heavy (non-hydrogen) atoms. The zero-order chi connectivity index (χ0) is 14.0. The van der Waals surface area contributed by atoms with E-state index >= 15 is 0 Å². The molecule has 0 radical (unpaired) electrons. The summed E-state index contributed by atoms with van der Waals surface area (Å²) in [5.74, 6) is 0.203. The molecule has 2 heteroatoms. The Bertz CT molecular complexity index is 595. The fourth-order valence-corrected chi connectivity index (χ4v) is 2.85. The lowest BCUT2D eigenvalue weighted by Gasteiger charge is -2.22. The first-order valence-electron chi connectivity index (χ1n) is 7.14. The summed E-state index contributed by atoms with van der Waals surface area (Å²) in [4.78, 5) is 12.6. The first-order valence-corrected chi connectivity index (χ1v) is 7.14. The number of carbonyl (C=O) groups is 1. The molecule has 1 N–H and O–H groups in total. The van der Waals surface area contributed by atoms with E-state index in [0.717, 1.165) is 30.5 Å². The van der Waals surface area contributed by atoms with Gasteiger partial charge < -0.3 is 5.32 Å². The van der Waals surface area contributed by atoms with Gasteiger partial charge in [0.2, 0.25) is 0 Å². The average molecular weight is 265 g/mol. The van der Waals surface area contributed by atoms with Crippen LogP contribution in [0.3, 0.4) is 0 Å². The Morgan fingerprint density at radius 2 is 1.65 bits per heavy atom. The SMILES string of the molecule is CC1(C(=O)c2ccc(-c3ccccc3)cc2)CCCN1. The van der Waals surface area contributed by atoms with Crippen LogP contribution in [0.4, 0.5) is 0 Å². The summed E-state index contributed by atoms with van der Waals surface area (Å²) in [6.07, 6.45) is 2.00.